The largest absolute Gasteiger partial charge is 0.292 e. The van der Waals surface area contributed by atoms with Crippen molar-refractivity contribution < 1.29 is 13.6 Å². The van der Waals surface area contributed by atoms with Gasteiger partial charge in [-0.2, -0.15) is 0 Å². The van der Waals surface area contributed by atoms with Gasteiger partial charge in [-0.25, -0.2) is 13.8 Å². The number of benzene rings is 1. The first-order chi connectivity index (χ1) is 8.59. The quantitative estimate of drug-likeness (QED) is 0.774. The normalized spacial score (nSPS) is 10.3. The van der Waals surface area contributed by atoms with E-state index in [1.807, 2.05) is 0 Å². The fourth-order valence-electron chi connectivity index (χ4n) is 1.50. The van der Waals surface area contributed by atoms with Crippen molar-refractivity contribution in [2.45, 2.75) is 6.54 Å². The Morgan fingerprint density at radius 1 is 1.22 bits per heavy atom. The van der Waals surface area contributed by atoms with Gasteiger partial charge in [0.2, 0.25) is 0 Å². The van der Waals surface area contributed by atoms with Crippen molar-refractivity contribution in [3.05, 3.63) is 64.3 Å². The molecule has 0 radical (unpaired) electrons. The van der Waals surface area contributed by atoms with Crippen LogP contribution in [0, 0.1) is 11.6 Å². The van der Waals surface area contributed by atoms with Gasteiger partial charge in [0.15, 0.2) is 5.78 Å². The Labute approximate surface area is 101 Å². The van der Waals surface area contributed by atoms with Gasteiger partial charge < -0.3 is 0 Å². The van der Waals surface area contributed by atoms with Gasteiger partial charge in [-0.15, -0.1) is 0 Å². The molecule has 6 heteroatoms. The fraction of sp³-hybridized carbons (Fsp3) is 0.0833. The van der Waals surface area contributed by atoms with Crippen LogP contribution >= 0.6 is 0 Å². The molecule has 0 N–H and O–H groups in total. The van der Waals surface area contributed by atoms with E-state index in [2.05, 4.69) is 4.98 Å². The Bertz CT molecular complexity index is 632. The number of hydrogen-bond donors (Lipinski definition) is 0. The average Bonchev–Trinajstić information content (AvgIpc) is 2.32. The highest BCUT2D eigenvalue weighted by Crippen LogP contribution is 2.13. The third-order valence-electron chi connectivity index (χ3n) is 2.35. The number of carbonyl (C=O) groups excluding carboxylic acids is 1. The third-order valence-corrected chi connectivity index (χ3v) is 2.35. The highest BCUT2D eigenvalue weighted by Gasteiger charge is 2.17. The van der Waals surface area contributed by atoms with E-state index >= 15 is 0 Å². The Morgan fingerprint density at radius 3 is 2.50 bits per heavy atom. The van der Waals surface area contributed by atoms with E-state index in [0.29, 0.717) is 0 Å². The minimum Gasteiger partial charge on any atom is -0.292 e. The van der Waals surface area contributed by atoms with Crippen LogP contribution in [-0.2, 0) is 6.54 Å². The summed E-state index contributed by atoms with van der Waals surface area (Å²) < 4.78 is 27.7. The van der Waals surface area contributed by atoms with Crippen LogP contribution in [0.1, 0.15) is 10.4 Å². The smallest absolute Gasteiger partial charge is 0.253 e. The van der Waals surface area contributed by atoms with Crippen molar-refractivity contribution in [2.75, 3.05) is 0 Å². The molecule has 0 unspecified atom stereocenters. The van der Waals surface area contributed by atoms with Gasteiger partial charge >= 0.3 is 0 Å². The van der Waals surface area contributed by atoms with Crippen molar-refractivity contribution in [1.82, 2.24) is 9.55 Å². The predicted molar refractivity (Wildman–Crippen MR) is 59.2 cm³/mol. The fourth-order valence-corrected chi connectivity index (χ4v) is 1.50. The van der Waals surface area contributed by atoms with E-state index in [9.17, 15) is 18.4 Å². The summed E-state index contributed by atoms with van der Waals surface area (Å²) in [6.45, 7) is -0.454. The average molecular weight is 250 g/mol. The lowest BCUT2D eigenvalue weighted by atomic mass is 10.1. The van der Waals surface area contributed by atoms with Gasteiger partial charge in [0, 0.05) is 12.3 Å². The topological polar surface area (TPSA) is 52.0 Å². The van der Waals surface area contributed by atoms with Crippen LogP contribution in [0.3, 0.4) is 0 Å². The van der Waals surface area contributed by atoms with Gasteiger partial charge in [-0.3, -0.25) is 14.2 Å². The summed E-state index contributed by atoms with van der Waals surface area (Å²) >= 11 is 0. The first kappa shape index (κ1) is 12.1. The summed E-state index contributed by atoms with van der Waals surface area (Å²) in [6, 6.07) is 4.30. The van der Waals surface area contributed by atoms with E-state index in [1.54, 1.807) is 0 Å². The Balaban J connectivity index is 2.34. The maximum Gasteiger partial charge on any atom is 0.253 e. The number of halogens is 2. The van der Waals surface area contributed by atoms with Crippen molar-refractivity contribution in [1.29, 1.82) is 0 Å². The van der Waals surface area contributed by atoms with Gasteiger partial charge in [0.25, 0.3) is 5.56 Å². The van der Waals surface area contributed by atoms with Crippen LogP contribution in [0.15, 0.2) is 41.6 Å². The van der Waals surface area contributed by atoms with E-state index in [0.717, 1.165) is 35.2 Å². The highest BCUT2D eigenvalue weighted by atomic mass is 19.1. The van der Waals surface area contributed by atoms with Crippen LogP contribution in [0.4, 0.5) is 8.78 Å². The maximum atomic E-state index is 13.3. The standard InChI is InChI=1S/C12H8F2N2O2/c13-8-2-1-3-9(14)12(8)10(17)6-16-7-15-5-4-11(16)18/h1-5,7H,6H2. The lowest BCUT2D eigenvalue weighted by Crippen LogP contribution is -2.24. The molecule has 18 heavy (non-hydrogen) atoms. The van der Waals surface area contributed by atoms with Crippen LogP contribution in [0.2, 0.25) is 0 Å². The molecular formula is C12H8F2N2O2. The van der Waals surface area contributed by atoms with E-state index in [4.69, 9.17) is 0 Å². The van der Waals surface area contributed by atoms with Gasteiger partial charge in [-0.05, 0) is 12.1 Å². The second-order valence-corrected chi connectivity index (χ2v) is 3.57. The molecule has 92 valence electrons. The molecule has 4 nitrogen and oxygen atoms in total. The minimum absolute atomic E-state index is 0.454. The molecule has 1 heterocycles. The summed E-state index contributed by atoms with van der Waals surface area (Å²) in [5, 5.41) is 0. The molecule has 0 fully saturated rings. The second-order valence-electron chi connectivity index (χ2n) is 3.57. The zero-order chi connectivity index (χ0) is 13.1. The number of hydrogen-bond acceptors (Lipinski definition) is 3. The molecule has 0 aliphatic carbocycles. The van der Waals surface area contributed by atoms with Crippen molar-refractivity contribution in [3.63, 3.8) is 0 Å². The van der Waals surface area contributed by atoms with Crippen LogP contribution in [0.5, 0.6) is 0 Å². The molecule has 0 saturated carbocycles. The molecule has 2 aromatic rings. The Kier molecular flexibility index (Phi) is 3.27. The SMILES string of the molecule is O=C(Cn1cnccc1=O)c1c(F)cccc1F. The van der Waals surface area contributed by atoms with Crippen LogP contribution in [0.25, 0.3) is 0 Å². The zero-order valence-corrected chi connectivity index (χ0v) is 9.14. The molecule has 0 aliphatic rings. The lowest BCUT2D eigenvalue weighted by Gasteiger charge is -2.05. The number of Topliss-reactive ketones (excluding diaryl/α,β-unsaturated/α-hetero) is 1. The summed E-state index contributed by atoms with van der Waals surface area (Å²) in [5.41, 5.74) is -1.11. The second kappa shape index (κ2) is 4.87. The maximum absolute atomic E-state index is 13.3. The summed E-state index contributed by atoms with van der Waals surface area (Å²) in [7, 11) is 0. The van der Waals surface area contributed by atoms with Crippen molar-refractivity contribution in [3.8, 4) is 0 Å². The molecule has 0 atom stereocenters. The molecule has 0 bridgehead atoms. The molecule has 1 aromatic heterocycles. The van der Waals surface area contributed by atoms with Gasteiger partial charge in [0.1, 0.15) is 11.6 Å². The number of rotatable bonds is 3. The Morgan fingerprint density at radius 2 is 1.89 bits per heavy atom. The number of ketones is 1. The minimum atomic E-state index is -0.947. The molecule has 0 saturated heterocycles. The highest BCUT2D eigenvalue weighted by molar-refractivity contribution is 5.96. The van der Waals surface area contributed by atoms with Gasteiger partial charge in [-0.1, -0.05) is 6.07 Å². The molecule has 0 aliphatic heterocycles. The molecule has 2 rings (SSSR count). The number of aromatic nitrogens is 2. The summed E-state index contributed by atoms with van der Waals surface area (Å²) in [6.07, 6.45) is 2.41. The first-order valence-corrected chi connectivity index (χ1v) is 5.07. The third kappa shape index (κ3) is 2.32. The monoisotopic (exact) mass is 250 g/mol. The Hall–Kier alpha value is -2.37. The number of carbonyl (C=O) groups is 1. The van der Waals surface area contributed by atoms with E-state index in [-0.39, 0.29) is 0 Å². The van der Waals surface area contributed by atoms with Gasteiger partial charge in [0.05, 0.1) is 18.4 Å². The van der Waals surface area contributed by atoms with Crippen molar-refractivity contribution >= 4 is 5.78 Å². The van der Waals surface area contributed by atoms with E-state index in [1.165, 1.54) is 6.20 Å². The lowest BCUT2D eigenvalue weighted by molar-refractivity contribution is 0.0962. The van der Waals surface area contributed by atoms with Crippen molar-refractivity contribution in [2.24, 2.45) is 0 Å². The van der Waals surface area contributed by atoms with Crippen LogP contribution in [-0.4, -0.2) is 15.3 Å². The first-order valence-electron chi connectivity index (χ1n) is 5.07. The van der Waals surface area contributed by atoms with Crippen LogP contribution < -0.4 is 5.56 Å². The molecule has 0 spiro atoms. The zero-order valence-electron chi connectivity index (χ0n) is 9.14. The number of nitrogens with zero attached hydrogens (tertiary/aromatic N) is 2. The molecule has 1 aromatic carbocycles. The summed E-state index contributed by atoms with van der Waals surface area (Å²) in [5.74, 6) is -2.71. The molecular weight excluding hydrogens is 242 g/mol. The van der Waals surface area contributed by atoms with E-state index < -0.39 is 35.1 Å². The molecule has 0 amide bonds. The summed E-state index contributed by atoms with van der Waals surface area (Å²) in [4.78, 5) is 26.7. The predicted octanol–water partition coefficient (Wildman–Crippen LogP) is 1.40.